The predicted octanol–water partition coefficient (Wildman–Crippen LogP) is 3.82. The fraction of sp³-hybridized carbons (Fsp3) is 0.263. The normalized spacial score (nSPS) is 14.0. The lowest BCUT2D eigenvalue weighted by Gasteiger charge is -2.37. The van der Waals surface area contributed by atoms with E-state index in [1.54, 1.807) is 4.68 Å². The number of likely N-dealkylation sites (N-methyl/N-ethyl adjacent to an activating group) is 1. The van der Waals surface area contributed by atoms with Crippen molar-refractivity contribution in [1.29, 1.82) is 0 Å². The number of nitrogens with zero attached hydrogens (tertiary/aromatic N) is 4. The highest BCUT2D eigenvalue weighted by atomic mass is 79.9. The molecule has 0 spiro atoms. The van der Waals surface area contributed by atoms with Crippen molar-refractivity contribution in [2.75, 3.05) is 29.4 Å². The van der Waals surface area contributed by atoms with Crippen LogP contribution in [0.1, 0.15) is 17.4 Å². The molecule has 25 heavy (non-hydrogen) atoms. The zero-order chi connectivity index (χ0) is 17.6. The molecule has 0 aliphatic carbocycles. The number of aromatic nitrogens is 2. The average molecular weight is 399 g/mol. The number of halogens is 1. The number of carbonyl (C=O) groups excluding carboxylic acids is 1. The molecule has 3 aromatic rings. The number of amides is 1. The Labute approximate surface area is 155 Å². The molecule has 0 radical (unpaired) electrons. The highest BCUT2D eigenvalue weighted by molar-refractivity contribution is 9.10. The minimum Gasteiger partial charge on any atom is -0.368 e. The summed E-state index contributed by atoms with van der Waals surface area (Å²) in [6.07, 6.45) is 0. The number of para-hydroxylation sites is 2. The maximum atomic E-state index is 13.4. The zero-order valence-electron chi connectivity index (χ0n) is 14.2. The quantitative estimate of drug-likeness (QED) is 0.658. The number of hydrogen-bond acceptors (Lipinski definition) is 3. The fourth-order valence-electron chi connectivity index (χ4n) is 3.52. The second kappa shape index (κ2) is 6.19. The van der Waals surface area contributed by atoms with Gasteiger partial charge in [0.2, 0.25) is 0 Å². The molecular weight excluding hydrogens is 380 g/mol. The Morgan fingerprint density at radius 1 is 1.16 bits per heavy atom. The molecule has 1 aliphatic heterocycles. The Kier molecular flexibility index (Phi) is 4.00. The van der Waals surface area contributed by atoms with E-state index in [-0.39, 0.29) is 5.91 Å². The van der Waals surface area contributed by atoms with Crippen LogP contribution in [0.5, 0.6) is 0 Å². The van der Waals surface area contributed by atoms with E-state index in [1.807, 2.05) is 48.3 Å². The fourth-order valence-corrected chi connectivity index (χ4v) is 3.86. The number of fused-ring (bicyclic) bond motifs is 2. The molecule has 128 valence electrons. The Morgan fingerprint density at radius 3 is 2.68 bits per heavy atom. The number of hydrogen-bond donors (Lipinski definition) is 0. The van der Waals surface area contributed by atoms with E-state index in [2.05, 4.69) is 38.9 Å². The van der Waals surface area contributed by atoms with Gasteiger partial charge in [-0.3, -0.25) is 9.48 Å². The molecule has 0 fully saturated rings. The van der Waals surface area contributed by atoms with Crippen LogP contribution >= 0.6 is 15.9 Å². The molecule has 1 aromatic heterocycles. The van der Waals surface area contributed by atoms with Gasteiger partial charge in [0.1, 0.15) is 5.69 Å². The summed E-state index contributed by atoms with van der Waals surface area (Å²) < 4.78 is 2.65. The topological polar surface area (TPSA) is 41.4 Å². The molecule has 0 N–H and O–H groups in total. The molecule has 2 heterocycles. The smallest absolute Gasteiger partial charge is 0.277 e. The Balaban J connectivity index is 1.81. The third kappa shape index (κ3) is 2.61. The summed E-state index contributed by atoms with van der Waals surface area (Å²) in [6, 6.07) is 13.9. The first-order valence-electron chi connectivity index (χ1n) is 8.38. The van der Waals surface area contributed by atoms with Gasteiger partial charge in [0.25, 0.3) is 5.91 Å². The van der Waals surface area contributed by atoms with Gasteiger partial charge in [-0.2, -0.15) is 5.10 Å². The van der Waals surface area contributed by atoms with Crippen molar-refractivity contribution in [3.63, 3.8) is 0 Å². The first-order chi connectivity index (χ1) is 12.1. The van der Waals surface area contributed by atoms with Gasteiger partial charge in [0, 0.05) is 36.5 Å². The highest BCUT2D eigenvalue weighted by Crippen LogP contribution is 2.34. The van der Waals surface area contributed by atoms with Crippen molar-refractivity contribution < 1.29 is 4.79 Å². The molecule has 0 saturated carbocycles. The van der Waals surface area contributed by atoms with E-state index in [0.29, 0.717) is 12.2 Å². The number of rotatable bonds is 2. The van der Waals surface area contributed by atoms with E-state index in [1.165, 1.54) is 0 Å². The highest BCUT2D eigenvalue weighted by Gasteiger charge is 2.29. The molecule has 1 aliphatic rings. The van der Waals surface area contributed by atoms with Crippen LogP contribution in [0, 0.1) is 0 Å². The minimum absolute atomic E-state index is 0.00414. The van der Waals surface area contributed by atoms with Crippen LogP contribution in [0.4, 0.5) is 11.4 Å². The van der Waals surface area contributed by atoms with Gasteiger partial charge in [0.15, 0.2) is 0 Å². The largest absolute Gasteiger partial charge is 0.368 e. The lowest BCUT2D eigenvalue weighted by Crippen LogP contribution is -2.44. The van der Waals surface area contributed by atoms with Gasteiger partial charge in [-0.25, -0.2) is 0 Å². The summed E-state index contributed by atoms with van der Waals surface area (Å²) >= 11 is 3.47. The number of anilines is 2. The van der Waals surface area contributed by atoms with Gasteiger partial charge in [-0.1, -0.05) is 28.1 Å². The molecule has 5 nitrogen and oxygen atoms in total. The van der Waals surface area contributed by atoms with Crippen molar-refractivity contribution in [3.05, 3.63) is 52.6 Å². The van der Waals surface area contributed by atoms with Crippen LogP contribution in [-0.4, -0.2) is 35.3 Å². The molecule has 1 amide bonds. The van der Waals surface area contributed by atoms with Crippen molar-refractivity contribution in [1.82, 2.24) is 9.78 Å². The van der Waals surface area contributed by atoms with Gasteiger partial charge in [-0.05, 0) is 37.3 Å². The number of carbonyl (C=O) groups is 1. The van der Waals surface area contributed by atoms with Crippen molar-refractivity contribution in [2.45, 2.75) is 6.92 Å². The van der Waals surface area contributed by atoms with Crippen molar-refractivity contribution >= 4 is 44.1 Å². The van der Waals surface area contributed by atoms with Crippen LogP contribution in [0.15, 0.2) is 46.9 Å². The summed E-state index contributed by atoms with van der Waals surface area (Å²) in [5.74, 6) is -0.00414. The summed E-state index contributed by atoms with van der Waals surface area (Å²) in [6.45, 7) is 4.58. The predicted molar refractivity (Wildman–Crippen MR) is 104 cm³/mol. The zero-order valence-corrected chi connectivity index (χ0v) is 15.8. The van der Waals surface area contributed by atoms with Gasteiger partial charge in [0.05, 0.1) is 16.9 Å². The van der Waals surface area contributed by atoms with Crippen LogP contribution in [0.2, 0.25) is 0 Å². The second-order valence-corrected chi connectivity index (χ2v) is 7.07. The summed E-state index contributed by atoms with van der Waals surface area (Å²) in [5, 5.41) is 5.39. The Morgan fingerprint density at radius 2 is 1.92 bits per heavy atom. The van der Waals surface area contributed by atoms with Crippen LogP contribution < -0.4 is 9.80 Å². The molecule has 2 aromatic carbocycles. The molecular formula is C19H19BrN4O. The van der Waals surface area contributed by atoms with Gasteiger partial charge < -0.3 is 9.80 Å². The molecule has 0 atom stereocenters. The third-order valence-electron chi connectivity index (χ3n) is 4.73. The number of aryl methyl sites for hydroxylation is 1. The third-order valence-corrected chi connectivity index (χ3v) is 5.23. The first-order valence-corrected chi connectivity index (χ1v) is 9.17. The van der Waals surface area contributed by atoms with E-state index in [9.17, 15) is 4.79 Å². The standard InChI is InChI=1S/C19H19BrN4O/c1-3-23-10-11-24(17-7-5-4-6-16(17)23)19(25)18-14-9-8-13(20)12-15(14)21-22(18)2/h4-9,12H,3,10-11H2,1-2H3. The average Bonchev–Trinajstić information content (AvgIpc) is 2.95. The summed E-state index contributed by atoms with van der Waals surface area (Å²) in [5.41, 5.74) is 3.52. The molecule has 6 heteroatoms. The lowest BCUT2D eigenvalue weighted by molar-refractivity contribution is 0.0979. The first kappa shape index (κ1) is 16.1. The summed E-state index contributed by atoms with van der Waals surface area (Å²) in [4.78, 5) is 17.6. The maximum absolute atomic E-state index is 13.4. The minimum atomic E-state index is -0.00414. The van der Waals surface area contributed by atoms with Crippen molar-refractivity contribution in [3.8, 4) is 0 Å². The van der Waals surface area contributed by atoms with E-state index < -0.39 is 0 Å². The number of benzene rings is 2. The van der Waals surface area contributed by atoms with Crippen LogP contribution in [0.3, 0.4) is 0 Å². The lowest BCUT2D eigenvalue weighted by atomic mass is 10.1. The van der Waals surface area contributed by atoms with Crippen molar-refractivity contribution in [2.24, 2.45) is 7.05 Å². The summed E-state index contributed by atoms with van der Waals surface area (Å²) in [7, 11) is 1.83. The van der Waals surface area contributed by atoms with E-state index >= 15 is 0 Å². The van der Waals surface area contributed by atoms with E-state index in [0.717, 1.165) is 39.8 Å². The Bertz CT molecular complexity index is 965. The van der Waals surface area contributed by atoms with E-state index in [4.69, 9.17) is 0 Å². The SMILES string of the molecule is CCN1CCN(C(=O)c2c3ccc(Br)cc3nn2C)c2ccccc21. The molecule has 0 saturated heterocycles. The van der Waals surface area contributed by atoms with Crippen LogP contribution in [0.25, 0.3) is 10.9 Å². The molecule has 0 bridgehead atoms. The van der Waals surface area contributed by atoms with Gasteiger partial charge in [-0.15, -0.1) is 0 Å². The van der Waals surface area contributed by atoms with Gasteiger partial charge >= 0.3 is 0 Å². The molecule has 4 rings (SSSR count). The Hall–Kier alpha value is -2.34. The monoisotopic (exact) mass is 398 g/mol. The second-order valence-electron chi connectivity index (χ2n) is 6.16. The molecule has 0 unspecified atom stereocenters. The maximum Gasteiger partial charge on any atom is 0.277 e. The van der Waals surface area contributed by atoms with Crippen LogP contribution in [-0.2, 0) is 7.05 Å².